The molecule has 5 N–H and O–H groups in total. The SMILES string of the molecule is C[C@]1(CO[P@@](=O)(NCC(=O)OC2CCCC2)Oc2ccccc2)O[C@@H](c2ccc3c(N)ncnn23)[C@H](O)[C@@H]1O. The maximum atomic E-state index is 13.7. The molecule has 5 atom stereocenters. The van der Waals surface area contributed by atoms with Gasteiger partial charge in [0.2, 0.25) is 0 Å². The number of carbonyl (C=O) groups excluding carboxylic acids is 1. The molecule has 39 heavy (non-hydrogen) atoms. The molecule has 3 heterocycles. The number of aliphatic hydroxyl groups is 2. The monoisotopic (exact) mass is 561 g/mol. The molecule has 14 heteroatoms. The molecule has 2 aromatic heterocycles. The van der Waals surface area contributed by atoms with E-state index in [9.17, 15) is 19.6 Å². The molecule has 2 fully saturated rings. The fraction of sp³-hybridized carbons (Fsp3) is 0.480. The molecule has 0 spiro atoms. The van der Waals surface area contributed by atoms with E-state index in [0.29, 0.717) is 11.2 Å². The van der Waals surface area contributed by atoms with Crippen LogP contribution in [0.2, 0.25) is 0 Å². The van der Waals surface area contributed by atoms with E-state index in [0.717, 1.165) is 25.7 Å². The number of fused-ring (bicyclic) bond motifs is 1. The van der Waals surface area contributed by atoms with Crippen molar-refractivity contribution in [2.75, 3.05) is 18.9 Å². The summed E-state index contributed by atoms with van der Waals surface area (Å²) in [6.07, 6.45) is 0.913. The summed E-state index contributed by atoms with van der Waals surface area (Å²) in [5, 5.41) is 28.5. The van der Waals surface area contributed by atoms with Crippen molar-refractivity contribution >= 4 is 25.1 Å². The Morgan fingerprint density at radius 2 is 1.97 bits per heavy atom. The van der Waals surface area contributed by atoms with Crippen molar-refractivity contribution in [3.05, 3.63) is 54.5 Å². The lowest BCUT2D eigenvalue weighted by Crippen LogP contribution is -2.44. The van der Waals surface area contributed by atoms with Crippen molar-refractivity contribution in [3.63, 3.8) is 0 Å². The minimum atomic E-state index is -4.17. The Kier molecular flexibility index (Phi) is 7.90. The van der Waals surface area contributed by atoms with Crippen LogP contribution in [0.3, 0.4) is 0 Å². The molecular formula is C25H32N5O8P. The van der Waals surface area contributed by atoms with Gasteiger partial charge in [-0.25, -0.2) is 19.2 Å². The fourth-order valence-electron chi connectivity index (χ4n) is 4.83. The Labute approximate surface area is 224 Å². The summed E-state index contributed by atoms with van der Waals surface area (Å²) in [7, 11) is -4.17. The van der Waals surface area contributed by atoms with Crippen LogP contribution in [0.4, 0.5) is 5.82 Å². The second-order valence-electron chi connectivity index (χ2n) is 9.89. The number of anilines is 1. The van der Waals surface area contributed by atoms with Crippen LogP contribution in [0.25, 0.3) is 5.52 Å². The molecule has 1 aliphatic carbocycles. The van der Waals surface area contributed by atoms with Crippen LogP contribution >= 0.6 is 7.75 Å². The number of nitrogens with two attached hydrogens (primary N) is 1. The van der Waals surface area contributed by atoms with Gasteiger partial charge in [0.1, 0.15) is 54.2 Å². The zero-order chi connectivity index (χ0) is 27.6. The van der Waals surface area contributed by atoms with Crippen LogP contribution in [0.1, 0.15) is 44.4 Å². The number of nitrogens with one attached hydrogen (secondary N) is 1. The van der Waals surface area contributed by atoms with Gasteiger partial charge in [0, 0.05) is 0 Å². The number of carbonyl (C=O) groups is 1. The summed E-state index contributed by atoms with van der Waals surface area (Å²) in [6, 6.07) is 11.7. The molecule has 0 bridgehead atoms. The smallest absolute Gasteiger partial charge is 0.459 e. The van der Waals surface area contributed by atoms with E-state index in [-0.39, 0.29) is 17.7 Å². The first-order chi connectivity index (χ1) is 18.7. The van der Waals surface area contributed by atoms with E-state index < -0.39 is 50.8 Å². The van der Waals surface area contributed by atoms with E-state index in [4.69, 9.17) is 24.3 Å². The van der Waals surface area contributed by atoms with Crippen molar-refractivity contribution in [2.45, 2.75) is 62.6 Å². The first-order valence-corrected chi connectivity index (χ1v) is 14.3. The van der Waals surface area contributed by atoms with Crippen LogP contribution in [0.5, 0.6) is 5.75 Å². The summed E-state index contributed by atoms with van der Waals surface area (Å²) in [6.45, 7) is 0.654. The van der Waals surface area contributed by atoms with Crippen molar-refractivity contribution in [2.24, 2.45) is 0 Å². The highest BCUT2D eigenvalue weighted by Crippen LogP contribution is 2.48. The van der Waals surface area contributed by atoms with Gasteiger partial charge in [-0.05, 0) is 56.9 Å². The number of rotatable bonds is 10. The van der Waals surface area contributed by atoms with Gasteiger partial charge in [0.15, 0.2) is 5.82 Å². The molecule has 1 aliphatic heterocycles. The van der Waals surface area contributed by atoms with Crippen LogP contribution < -0.4 is 15.3 Å². The summed E-state index contributed by atoms with van der Waals surface area (Å²) < 4.78 is 38.1. The summed E-state index contributed by atoms with van der Waals surface area (Å²) in [5.74, 6) is -0.0973. The first-order valence-electron chi connectivity index (χ1n) is 12.7. The number of aromatic nitrogens is 3. The number of benzene rings is 1. The molecule has 1 aromatic carbocycles. The molecule has 13 nitrogen and oxygen atoms in total. The lowest BCUT2D eigenvalue weighted by atomic mass is 9.97. The molecule has 5 rings (SSSR count). The Morgan fingerprint density at radius 1 is 1.23 bits per heavy atom. The second-order valence-corrected chi connectivity index (χ2v) is 11.6. The molecule has 1 saturated carbocycles. The van der Waals surface area contributed by atoms with E-state index in [1.807, 2.05) is 0 Å². The Hall–Kier alpha value is -3.06. The van der Waals surface area contributed by atoms with E-state index in [1.54, 1.807) is 42.5 Å². The van der Waals surface area contributed by atoms with Gasteiger partial charge in [-0.2, -0.15) is 5.10 Å². The Bertz CT molecular complexity index is 1350. The van der Waals surface area contributed by atoms with E-state index >= 15 is 0 Å². The third-order valence-electron chi connectivity index (χ3n) is 6.97. The lowest BCUT2D eigenvalue weighted by molar-refractivity contribution is -0.147. The quantitative estimate of drug-likeness (QED) is 0.210. The highest BCUT2D eigenvalue weighted by molar-refractivity contribution is 7.52. The second kappa shape index (κ2) is 11.2. The molecule has 210 valence electrons. The molecule has 0 radical (unpaired) electrons. The van der Waals surface area contributed by atoms with Crippen LogP contribution in [0, 0.1) is 0 Å². The standard InChI is InChI=1S/C25H32N5O8P/c1-25(23(33)21(32)22(37-25)18-11-12-19-24(26)27-15-28-30(18)19)14-35-39(34,38-17-9-3-2-4-10-17)29-13-20(31)36-16-7-5-6-8-16/h2-4,9-12,15-16,21-23,32-33H,5-8,13-14H2,1H3,(H,29,34)(H2,26,27,28)/t21-,22-,23-,25+,39-/m0/s1. The predicted molar refractivity (Wildman–Crippen MR) is 139 cm³/mol. The van der Waals surface area contributed by atoms with Gasteiger partial charge in [-0.15, -0.1) is 0 Å². The minimum Gasteiger partial charge on any atom is -0.461 e. The number of ether oxygens (including phenoxy) is 2. The minimum absolute atomic E-state index is 0.153. The topological polar surface area (TPSA) is 180 Å². The van der Waals surface area contributed by atoms with E-state index in [2.05, 4.69) is 15.2 Å². The van der Waals surface area contributed by atoms with Crippen molar-refractivity contribution in [1.82, 2.24) is 19.7 Å². The number of hydrogen-bond acceptors (Lipinski definition) is 11. The average molecular weight is 562 g/mol. The molecule has 2 aliphatic rings. The van der Waals surface area contributed by atoms with Crippen molar-refractivity contribution < 1.29 is 38.1 Å². The maximum Gasteiger partial charge on any atom is 0.459 e. The van der Waals surface area contributed by atoms with Gasteiger partial charge in [-0.3, -0.25) is 9.32 Å². The largest absolute Gasteiger partial charge is 0.461 e. The van der Waals surface area contributed by atoms with Gasteiger partial charge >= 0.3 is 13.7 Å². The van der Waals surface area contributed by atoms with Crippen molar-refractivity contribution in [3.8, 4) is 5.75 Å². The Balaban J connectivity index is 1.30. The normalized spacial score (nSPS) is 27.0. The molecule has 3 aromatic rings. The number of esters is 1. The third kappa shape index (κ3) is 5.93. The lowest BCUT2D eigenvalue weighted by Gasteiger charge is -2.29. The number of para-hydroxylation sites is 1. The first kappa shape index (κ1) is 27.5. The van der Waals surface area contributed by atoms with Crippen molar-refractivity contribution in [1.29, 1.82) is 0 Å². The highest BCUT2D eigenvalue weighted by atomic mass is 31.2. The number of nitrogen functional groups attached to an aromatic ring is 1. The van der Waals surface area contributed by atoms with Crippen LogP contribution in [-0.2, 0) is 23.4 Å². The molecular weight excluding hydrogens is 529 g/mol. The zero-order valence-corrected chi connectivity index (χ0v) is 22.3. The Morgan fingerprint density at radius 3 is 2.72 bits per heavy atom. The van der Waals surface area contributed by atoms with Crippen LogP contribution in [-0.4, -0.2) is 67.8 Å². The molecule has 0 amide bonds. The number of hydrogen-bond donors (Lipinski definition) is 4. The summed E-state index contributed by atoms with van der Waals surface area (Å²) in [5.41, 5.74) is 5.35. The third-order valence-corrected chi connectivity index (χ3v) is 8.43. The zero-order valence-electron chi connectivity index (χ0n) is 21.4. The average Bonchev–Trinajstić information content (AvgIpc) is 3.64. The predicted octanol–water partition coefficient (Wildman–Crippen LogP) is 2.14. The highest BCUT2D eigenvalue weighted by Gasteiger charge is 2.53. The maximum absolute atomic E-state index is 13.7. The molecule has 1 saturated heterocycles. The van der Waals surface area contributed by atoms with Gasteiger partial charge in [0.25, 0.3) is 0 Å². The summed E-state index contributed by atoms with van der Waals surface area (Å²) in [4.78, 5) is 16.3. The number of aliphatic hydroxyl groups excluding tert-OH is 2. The molecule has 0 unspecified atom stereocenters. The van der Waals surface area contributed by atoms with Gasteiger partial charge in [-0.1, -0.05) is 18.2 Å². The van der Waals surface area contributed by atoms with Crippen LogP contribution in [0.15, 0.2) is 48.8 Å². The van der Waals surface area contributed by atoms with Gasteiger partial charge < -0.3 is 29.9 Å². The number of nitrogens with zero attached hydrogens (tertiary/aromatic N) is 3. The van der Waals surface area contributed by atoms with E-state index in [1.165, 1.54) is 17.8 Å². The summed E-state index contributed by atoms with van der Waals surface area (Å²) >= 11 is 0. The fourth-order valence-corrected chi connectivity index (χ4v) is 6.19. The van der Waals surface area contributed by atoms with Gasteiger partial charge in [0.05, 0.1) is 12.3 Å².